The van der Waals surface area contributed by atoms with Crippen LogP contribution in [0.3, 0.4) is 0 Å². The number of thioether (sulfide) groups is 1. The first-order chi connectivity index (χ1) is 12.1. The molecule has 0 saturated heterocycles. The molecule has 0 spiro atoms. The van der Waals surface area contributed by atoms with E-state index in [0.29, 0.717) is 6.04 Å². The summed E-state index contributed by atoms with van der Waals surface area (Å²) >= 11 is 3.73. The third-order valence-corrected chi connectivity index (χ3v) is 6.45. The third-order valence-electron chi connectivity index (χ3n) is 4.42. The molecule has 0 aliphatic heterocycles. The molecule has 1 aliphatic rings. The van der Waals surface area contributed by atoms with Gasteiger partial charge in [0.25, 0.3) is 0 Å². The molecule has 0 aromatic carbocycles. The van der Waals surface area contributed by atoms with Crippen LogP contribution in [0.25, 0.3) is 0 Å². The minimum Gasteiger partial charge on any atom is -0.356 e. The lowest BCUT2D eigenvalue weighted by Crippen LogP contribution is -2.46. The zero-order valence-corrected chi connectivity index (χ0v) is 19.8. The van der Waals surface area contributed by atoms with Gasteiger partial charge in [-0.15, -0.1) is 35.3 Å². The Labute approximate surface area is 182 Å². The van der Waals surface area contributed by atoms with Crippen LogP contribution in [0.1, 0.15) is 30.6 Å². The average Bonchev–Trinajstić information content (AvgIpc) is 3.12. The summed E-state index contributed by atoms with van der Waals surface area (Å²) in [6, 6.07) is 4.66. The van der Waals surface area contributed by atoms with Crippen LogP contribution in [0.15, 0.2) is 22.5 Å². The maximum atomic E-state index is 11.9. The minimum atomic E-state index is 0. The summed E-state index contributed by atoms with van der Waals surface area (Å²) in [5, 5.41) is 9.78. The predicted octanol–water partition coefficient (Wildman–Crippen LogP) is 3.21. The Hall–Kier alpha value is -0.480. The van der Waals surface area contributed by atoms with E-state index >= 15 is 0 Å². The number of nitrogens with zero attached hydrogens (tertiary/aromatic N) is 2. The van der Waals surface area contributed by atoms with Gasteiger partial charge >= 0.3 is 0 Å². The molecule has 0 bridgehead atoms. The first-order valence-corrected chi connectivity index (χ1v) is 11.1. The van der Waals surface area contributed by atoms with Crippen molar-refractivity contribution in [2.24, 2.45) is 4.99 Å². The number of thiophene rings is 1. The van der Waals surface area contributed by atoms with Crippen LogP contribution in [0.4, 0.5) is 0 Å². The fraction of sp³-hybridized carbons (Fsp3) is 0.667. The number of likely N-dealkylation sites (N-methyl/N-ethyl adjacent to an activating group) is 1. The van der Waals surface area contributed by atoms with Crippen molar-refractivity contribution in [2.75, 3.05) is 33.4 Å². The van der Waals surface area contributed by atoms with E-state index in [2.05, 4.69) is 39.4 Å². The number of carbonyl (C=O) groups excluding carboxylic acids is 1. The van der Waals surface area contributed by atoms with Crippen molar-refractivity contribution in [1.29, 1.82) is 0 Å². The first-order valence-electron chi connectivity index (χ1n) is 8.88. The molecule has 2 unspecified atom stereocenters. The molecule has 148 valence electrons. The van der Waals surface area contributed by atoms with Crippen LogP contribution in [0.2, 0.25) is 0 Å². The Balaban J connectivity index is 0.00000338. The van der Waals surface area contributed by atoms with Crippen molar-refractivity contribution in [3.05, 3.63) is 22.4 Å². The second-order valence-electron chi connectivity index (χ2n) is 6.57. The molecular formula is C18H31IN4OS2. The van der Waals surface area contributed by atoms with Gasteiger partial charge in [0.2, 0.25) is 5.91 Å². The molecule has 2 N–H and O–H groups in total. The Morgan fingerprint density at radius 3 is 2.88 bits per heavy atom. The van der Waals surface area contributed by atoms with Gasteiger partial charge in [-0.1, -0.05) is 12.5 Å². The lowest BCUT2D eigenvalue weighted by atomic mass is 9.95. The summed E-state index contributed by atoms with van der Waals surface area (Å²) in [5.74, 6) is 0.781. The van der Waals surface area contributed by atoms with Crippen molar-refractivity contribution in [1.82, 2.24) is 15.5 Å². The van der Waals surface area contributed by atoms with Gasteiger partial charge in [0, 0.05) is 36.8 Å². The monoisotopic (exact) mass is 510 g/mol. The minimum absolute atomic E-state index is 0. The van der Waals surface area contributed by atoms with E-state index in [1.165, 1.54) is 24.1 Å². The molecule has 2 atom stereocenters. The van der Waals surface area contributed by atoms with E-state index in [-0.39, 0.29) is 36.4 Å². The van der Waals surface area contributed by atoms with Gasteiger partial charge in [-0.25, -0.2) is 4.99 Å². The predicted molar refractivity (Wildman–Crippen MR) is 125 cm³/mol. The van der Waals surface area contributed by atoms with Gasteiger partial charge in [0.15, 0.2) is 5.96 Å². The van der Waals surface area contributed by atoms with Crippen LogP contribution < -0.4 is 10.6 Å². The number of guanidine groups is 1. The lowest BCUT2D eigenvalue weighted by Gasteiger charge is -2.30. The van der Waals surface area contributed by atoms with Crippen LogP contribution in [-0.2, 0) is 11.2 Å². The highest BCUT2D eigenvalue weighted by atomic mass is 127. The summed E-state index contributed by atoms with van der Waals surface area (Å²) in [6.45, 7) is 1.00. The number of carbonyl (C=O) groups is 1. The summed E-state index contributed by atoms with van der Waals surface area (Å²) < 4.78 is 0. The highest BCUT2D eigenvalue weighted by molar-refractivity contribution is 14.0. The molecule has 1 amide bonds. The number of hydrogen-bond donors (Lipinski definition) is 2. The molecule has 1 heterocycles. The maximum absolute atomic E-state index is 11.9. The quantitative estimate of drug-likeness (QED) is 0.336. The van der Waals surface area contributed by atoms with Crippen molar-refractivity contribution in [3.8, 4) is 0 Å². The largest absolute Gasteiger partial charge is 0.356 e. The van der Waals surface area contributed by atoms with E-state index in [1.54, 1.807) is 30.3 Å². The topological polar surface area (TPSA) is 56.7 Å². The lowest BCUT2D eigenvalue weighted by molar-refractivity contribution is -0.127. The normalized spacial score (nSPS) is 20.2. The second-order valence-corrected chi connectivity index (χ2v) is 8.75. The molecule has 26 heavy (non-hydrogen) atoms. The van der Waals surface area contributed by atoms with Crippen LogP contribution in [0, 0.1) is 0 Å². The van der Waals surface area contributed by atoms with Crippen molar-refractivity contribution < 1.29 is 4.79 Å². The Morgan fingerprint density at radius 2 is 2.23 bits per heavy atom. The van der Waals surface area contributed by atoms with E-state index in [0.717, 1.165) is 30.6 Å². The van der Waals surface area contributed by atoms with Crippen LogP contribution in [0.5, 0.6) is 0 Å². The summed E-state index contributed by atoms with van der Waals surface area (Å²) in [6.07, 6.45) is 8.05. The van der Waals surface area contributed by atoms with E-state index < -0.39 is 0 Å². The van der Waals surface area contributed by atoms with Gasteiger partial charge in [-0.05, 0) is 43.4 Å². The molecule has 1 saturated carbocycles. The maximum Gasteiger partial charge on any atom is 0.243 e. The van der Waals surface area contributed by atoms with Crippen molar-refractivity contribution >= 4 is 58.9 Å². The summed E-state index contributed by atoms with van der Waals surface area (Å²) in [5.41, 5.74) is 0. The Morgan fingerprint density at radius 1 is 1.42 bits per heavy atom. The molecule has 1 aliphatic carbocycles. The van der Waals surface area contributed by atoms with E-state index in [9.17, 15) is 4.79 Å². The van der Waals surface area contributed by atoms with Crippen LogP contribution >= 0.6 is 47.1 Å². The van der Waals surface area contributed by atoms with Gasteiger partial charge < -0.3 is 15.5 Å². The zero-order valence-electron chi connectivity index (χ0n) is 15.9. The molecule has 0 radical (unpaired) electrons. The molecule has 1 aromatic rings. The van der Waals surface area contributed by atoms with E-state index in [4.69, 9.17) is 0 Å². The highest BCUT2D eigenvalue weighted by Gasteiger charge is 2.22. The number of nitrogens with one attached hydrogen (secondary N) is 2. The Kier molecular flexibility index (Phi) is 11.6. The van der Waals surface area contributed by atoms with Crippen molar-refractivity contribution in [2.45, 2.75) is 43.4 Å². The molecule has 1 aromatic heterocycles. The fourth-order valence-corrected chi connectivity index (χ4v) is 4.42. The molecule has 8 heteroatoms. The van der Waals surface area contributed by atoms with Crippen LogP contribution in [-0.4, -0.2) is 61.5 Å². The zero-order chi connectivity index (χ0) is 18.1. The standard InChI is InChI=1S/C18H30N4OS2.HI/c1-22(2)17(23)13-20-18(19-10-9-15-8-5-11-25-15)21-14-6-4-7-16(12-14)24-3;/h5,8,11,14,16H,4,6-7,9-10,12-13H2,1-3H3,(H2,19,20,21);1H. The number of halogens is 1. The SMILES string of the molecule is CSC1CCCC(NC(=NCC(=O)N(C)C)NCCc2cccs2)C1.I. The summed E-state index contributed by atoms with van der Waals surface area (Å²) in [4.78, 5) is 19.3. The highest BCUT2D eigenvalue weighted by Crippen LogP contribution is 2.26. The molecule has 1 fully saturated rings. The van der Waals surface area contributed by atoms with Gasteiger partial charge in [0.05, 0.1) is 0 Å². The van der Waals surface area contributed by atoms with Crippen molar-refractivity contribution in [3.63, 3.8) is 0 Å². The second kappa shape index (κ2) is 12.8. The summed E-state index contributed by atoms with van der Waals surface area (Å²) in [7, 11) is 3.53. The fourth-order valence-electron chi connectivity index (χ4n) is 2.88. The third kappa shape index (κ3) is 8.47. The first kappa shape index (κ1) is 23.6. The number of hydrogen-bond acceptors (Lipinski definition) is 4. The number of aliphatic imine (C=N–C) groups is 1. The number of amides is 1. The molecule has 2 rings (SSSR count). The molecular weight excluding hydrogens is 479 g/mol. The average molecular weight is 511 g/mol. The van der Waals surface area contributed by atoms with Gasteiger partial charge in [0.1, 0.15) is 6.54 Å². The van der Waals surface area contributed by atoms with Gasteiger partial charge in [-0.2, -0.15) is 11.8 Å². The smallest absolute Gasteiger partial charge is 0.243 e. The van der Waals surface area contributed by atoms with Gasteiger partial charge in [-0.3, -0.25) is 4.79 Å². The van der Waals surface area contributed by atoms with E-state index in [1.807, 2.05) is 11.8 Å². The molecule has 5 nitrogen and oxygen atoms in total. The Bertz CT molecular complexity index is 551. The number of rotatable bonds is 7.